The van der Waals surface area contributed by atoms with Crippen LogP contribution in [0.4, 0.5) is 5.69 Å². The van der Waals surface area contributed by atoms with Crippen molar-refractivity contribution in [1.82, 2.24) is 9.88 Å². The molecule has 0 atom stereocenters. The smallest absolute Gasteiger partial charge is 0.231 e. The number of anilines is 1. The summed E-state index contributed by atoms with van der Waals surface area (Å²) >= 11 is 0. The van der Waals surface area contributed by atoms with E-state index in [2.05, 4.69) is 4.98 Å². The van der Waals surface area contributed by atoms with Crippen molar-refractivity contribution in [3.05, 3.63) is 59.4 Å². The molecule has 5 nitrogen and oxygen atoms in total. The Balaban J connectivity index is 1.59. The lowest BCUT2D eigenvalue weighted by Crippen LogP contribution is -2.30. The molecule has 1 aliphatic rings. The zero-order chi connectivity index (χ0) is 17.1. The molecule has 5 heteroatoms. The molecule has 0 spiro atoms. The standard InChI is InChI=1S/C19H21N3O2/c1-21(10-7-14-5-8-20-9-6-14)18(23)12-15-3-4-17-16(11-15)13-19(24)22(17)2/h3-6,8-9,11H,7,10,12-13H2,1-2H3. The molecular formula is C19H21N3O2. The molecule has 0 saturated heterocycles. The number of carbonyl (C=O) groups is 2. The third-order valence-electron chi connectivity index (χ3n) is 4.49. The highest BCUT2D eigenvalue weighted by atomic mass is 16.2. The summed E-state index contributed by atoms with van der Waals surface area (Å²) in [6.07, 6.45) is 5.12. The maximum Gasteiger partial charge on any atom is 0.231 e. The van der Waals surface area contributed by atoms with E-state index in [9.17, 15) is 9.59 Å². The van der Waals surface area contributed by atoms with Crippen molar-refractivity contribution in [2.45, 2.75) is 19.3 Å². The molecule has 0 aliphatic carbocycles. The Kier molecular flexibility index (Phi) is 4.60. The van der Waals surface area contributed by atoms with Crippen molar-refractivity contribution in [1.29, 1.82) is 0 Å². The first kappa shape index (κ1) is 16.2. The summed E-state index contributed by atoms with van der Waals surface area (Å²) in [6.45, 7) is 0.676. The second-order valence-corrected chi connectivity index (χ2v) is 6.19. The van der Waals surface area contributed by atoms with Crippen LogP contribution in [0.5, 0.6) is 0 Å². The Morgan fingerprint density at radius 2 is 1.96 bits per heavy atom. The molecule has 0 N–H and O–H groups in total. The van der Waals surface area contributed by atoms with Crippen LogP contribution in [-0.2, 0) is 28.9 Å². The highest BCUT2D eigenvalue weighted by molar-refractivity contribution is 6.01. The maximum absolute atomic E-state index is 12.4. The number of rotatable bonds is 5. The van der Waals surface area contributed by atoms with E-state index in [4.69, 9.17) is 0 Å². The van der Waals surface area contributed by atoms with Crippen LogP contribution in [-0.4, -0.2) is 42.3 Å². The minimum Gasteiger partial charge on any atom is -0.345 e. The fourth-order valence-corrected chi connectivity index (χ4v) is 2.91. The van der Waals surface area contributed by atoms with Gasteiger partial charge in [-0.15, -0.1) is 0 Å². The van der Waals surface area contributed by atoms with E-state index in [1.54, 1.807) is 29.2 Å². The lowest BCUT2D eigenvalue weighted by Gasteiger charge is -2.17. The van der Waals surface area contributed by atoms with Crippen molar-refractivity contribution in [2.75, 3.05) is 25.5 Å². The van der Waals surface area contributed by atoms with Gasteiger partial charge in [-0.1, -0.05) is 12.1 Å². The molecule has 0 unspecified atom stereocenters. The van der Waals surface area contributed by atoms with Crippen LogP contribution in [0, 0.1) is 0 Å². The molecule has 0 radical (unpaired) electrons. The minimum absolute atomic E-state index is 0.0849. The zero-order valence-corrected chi connectivity index (χ0v) is 14.0. The van der Waals surface area contributed by atoms with Gasteiger partial charge in [-0.2, -0.15) is 0 Å². The molecule has 124 valence electrons. The molecule has 1 aliphatic heterocycles. The molecule has 0 fully saturated rings. The summed E-state index contributed by atoms with van der Waals surface area (Å²) in [5.41, 5.74) is 4.08. The summed E-state index contributed by atoms with van der Waals surface area (Å²) in [7, 11) is 3.61. The minimum atomic E-state index is 0.0849. The fourth-order valence-electron chi connectivity index (χ4n) is 2.91. The summed E-state index contributed by atoms with van der Waals surface area (Å²) in [5.74, 6) is 0.185. The molecule has 24 heavy (non-hydrogen) atoms. The average molecular weight is 323 g/mol. The predicted molar refractivity (Wildman–Crippen MR) is 92.8 cm³/mol. The molecular weight excluding hydrogens is 302 g/mol. The Labute approximate surface area is 141 Å². The number of fused-ring (bicyclic) bond motifs is 1. The number of benzene rings is 1. The topological polar surface area (TPSA) is 53.5 Å². The molecule has 0 bridgehead atoms. The molecule has 1 aromatic carbocycles. The number of aromatic nitrogens is 1. The quantitative estimate of drug-likeness (QED) is 0.844. The van der Waals surface area contributed by atoms with E-state index in [1.807, 2.05) is 37.4 Å². The van der Waals surface area contributed by atoms with Gasteiger partial charge in [0.15, 0.2) is 0 Å². The molecule has 2 heterocycles. The van der Waals surface area contributed by atoms with Crippen LogP contribution in [0.1, 0.15) is 16.7 Å². The maximum atomic E-state index is 12.4. The highest BCUT2D eigenvalue weighted by Crippen LogP contribution is 2.28. The van der Waals surface area contributed by atoms with E-state index in [-0.39, 0.29) is 11.8 Å². The van der Waals surface area contributed by atoms with Gasteiger partial charge in [0.25, 0.3) is 0 Å². The van der Waals surface area contributed by atoms with Gasteiger partial charge in [0.05, 0.1) is 12.8 Å². The van der Waals surface area contributed by atoms with Gasteiger partial charge in [0.2, 0.25) is 11.8 Å². The van der Waals surface area contributed by atoms with Gasteiger partial charge >= 0.3 is 0 Å². The van der Waals surface area contributed by atoms with Crippen LogP contribution in [0.3, 0.4) is 0 Å². The SMILES string of the molecule is CN(CCc1ccncc1)C(=O)Cc1ccc2c(c1)CC(=O)N2C. The second-order valence-electron chi connectivity index (χ2n) is 6.19. The van der Waals surface area contributed by atoms with Crippen LogP contribution < -0.4 is 4.90 Å². The van der Waals surface area contributed by atoms with Crippen molar-refractivity contribution in [3.8, 4) is 0 Å². The zero-order valence-electron chi connectivity index (χ0n) is 14.0. The monoisotopic (exact) mass is 323 g/mol. The Bertz CT molecular complexity index is 758. The lowest BCUT2D eigenvalue weighted by molar-refractivity contribution is -0.129. The Morgan fingerprint density at radius 1 is 1.21 bits per heavy atom. The number of carbonyl (C=O) groups excluding carboxylic acids is 2. The molecule has 2 aromatic rings. The molecule has 1 aromatic heterocycles. The molecule has 2 amide bonds. The normalized spacial score (nSPS) is 13.1. The molecule has 3 rings (SSSR count). The first-order valence-electron chi connectivity index (χ1n) is 8.06. The van der Waals surface area contributed by atoms with Crippen molar-refractivity contribution >= 4 is 17.5 Å². The number of hydrogen-bond acceptors (Lipinski definition) is 3. The first-order valence-corrected chi connectivity index (χ1v) is 8.06. The average Bonchev–Trinajstić information content (AvgIpc) is 2.87. The Morgan fingerprint density at radius 3 is 2.71 bits per heavy atom. The van der Waals surface area contributed by atoms with Crippen LogP contribution in [0.25, 0.3) is 0 Å². The van der Waals surface area contributed by atoms with Crippen LogP contribution in [0.15, 0.2) is 42.7 Å². The first-order chi connectivity index (χ1) is 11.5. The van der Waals surface area contributed by atoms with Crippen LogP contribution >= 0.6 is 0 Å². The highest BCUT2D eigenvalue weighted by Gasteiger charge is 2.24. The van der Waals surface area contributed by atoms with E-state index in [1.165, 1.54) is 5.56 Å². The number of nitrogens with zero attached hydrogens (tertiary/aromatic N) is 3. The second kappa shape index (κ2) is 6.83. The van der Waals surface area contributed by atoms with E-state index < -0.39 is 0 Å². The van der Waals surface area contributed by atoms with Gasteiger partial charge in [0.1, 0.15) is 0 Å². The summed E-state index contributed by atoms with van der Waals surface area (Å²) < 4.78 is 0. The third-order valence-corrected chi connectivity index (χ3v) is 4.49. The van der Waals surface area contributed by atoms with Gasteiger partial charge < -0.3 is 9.80 Å². The number of hydrogen-bond donors (Lipinski definition) is 0. The predicted octanol–water partition coefficient (Wildman–Crippen LogP) is 1.84. The van der Waals surface area contributed by atoms with Gasteiger partial charge in [-0.05, 0) is 41.3 Å². The summed E-state index contributed by atoms with van der Waals surface area (Å²) in [4.78, 5) is 31.6. The van der Waals surface area contributed by atoms with Crippen molar-refractivity contribution in [3.63, 3.8) is 0 Å². The van der Waals surface area contributed by atoms with E-state index in [0.29, 0.717) is 19.4 Å². The van der Waals surface area contributed by atoms with Gasteiger partial charge in [0, 0.05) is 38.7 Å². The lowest BCUT2D eigenvalue weighted by atomic mass is 10.1. The fraction of sp³-hybridized carbons (Fsp3) is 0.316. The summed E-state index contributed by atoms with van der Waals surface area (Å²) in [5, 5.41) is 0. The van der Waals surface area contributed by atoms with Crippen LogP contribution in [0.2, 0.25) is 0 Å². The van der Waals surface area contributed by atoms with Gasteiger partial charge in [-0.3, -0.25) is 14.6 Å². The third kappa shape index (κ3) is 3.45. The number of likely N-dealkylation sites (N-methyl/N-ethyl adjacent to an activating group) is 2. The van der Waals surface area contributed by atoms with Crippen molar-refractivity contribution < 1.29 is 9.59 Å². The number of pyridine rings is 1. The number of amides is 2. The van der Waals surface area contributed by atoms with Gasteiger partial charge in [-0.25, -0.2) is 0 Å². The Hall–Kier alpha value is -2.69. The van der Waals surface area contributed by atoms with E-state index >= 15 is 0 Å². The summed E-state index contributed by atoms with van der Waals surface area (Å²) in [6, 6.07) is 9.77. The van der Waals surface area contributed by atoms with Crippen molar-refractivity contribution in [2.24, 2.45) is 0 Å². The molecule has 0 saturated carbocycles. The van der Waals surface area contributed by atoms with E-state index in [0.717, 1.165) is 23.2 Å². The largest absolute Gasteiger partial charge is 0.345 e.